The smallest absolute Gasteiger partial charge is 0.320 e. The van der Waals surface area contributed by atoms with E-state index >= 15 is 0 Å². The molecule has 1 aliphatic rings. The lowest BCUT2D eigenvalue weighted by Crippen LogP contribution is -2.46. The Morgan fingerprint density at radius 1 is 1.59 bits per heavy atom. The molecule has 0 aromatic heterocycles. The van der Waals surface area contributed by atoms with Crippen molar-refractivity contribution in [1.29, 1.82) is 0 Å². The number of aliphatic carboxylic acids is 1. The average molecular weight is 251 g/mol. The third-order valence-electron chi connectivity index (χ3n) is 3.00. The van der Waals surface area contributed by atoms with E-state index in [0.717, 1.165) is 0 Å². The minimum Gasteiger partial charge on any atom is -0.480 e. The highest BCUT2D eigenvalue weighted by Gasteiger charge is 2.48. The average Bonchev–Trinajstić information content (AvgIpc) is 2.51. The Balaban J connectivity index is 2.75. The lowest BCUT2D eigenvalue weighted by molar-refractivity contribution is -0.144. The number of nitrogens with zero attached hydrogens (tertiary/aromatic N) is 1. The minimum atomic E-state index is -2.81. The molecule has 17 heavy (non-hydrogen) atoms. The highest BCUT2D eigenvalue weighted by Crippen LogP contribution is 2.34. The van der Waals surface area contributed by atoms with Gasteiger partial charge in [-0.3, -0.25) is 9.69 Å². The number of rotatable bonds is 6. The molecular weight excluding hydrogens is 232 g/mol. The van der Waals surface area contributed by atoms with Gasteiger partial charge in [0.25, 0.3) is 5.92 Å². The normalized spacial score (nSPS) is 26.0. The van der Waals surface area contributed by atoms with Gasteiger partial charge in [0, 0.05) is 19.1 Å². The summed E-state index contributed by atoms with van der Waals surface area (Å²) in [7, 11) is 0. The highest BCUT2D eigenvalue weighted by molar-refractivity contribution is 5.73. The van der Waals surface area contributed by atoms with Crippen molar-refractivity contribution >= 4 is 5.97 Å². The summed E-state index contributed by atoms with van der Waals surface area (Å²) in [5, 5.41) is 9.02. The number of hydrogen-bond acceptors (Lipinski definition) is 3. The van der Waals surface area contributed by atoms with Gasteiger partial charge in [-0.1, -0.05) is 6.92 Å². The fraction of sp³-hybridized carbons (Fsp3) is 0.909. The predicted molar refractivity (Wildman–Crippen MR) is 58.3 cm³/mol. The second kappa shape index (κ2) is 5.73. The Kier molecular flexibility index (Phi) is 4.82. The molecule has 0 amide bonds. The molecule has 0 aliphatic carbocycles. The van der Waals surface area contributed by atoms with Gasteiger partial charge in [-0.2, -0.15) is 0 Å². The molecule has 1 aliphatic heterocycles. The largest absolute Gasteiger partial charge is 0.480 e. The van der Waals surface area contributed by atoms with Crippen molar-refractivity contribution in [3.63, 3.8) is 0 Å². The topological polar surface area (TPSA) is 49.8 Å². The maximum Gasteiger partial charge on any atom is 0.320 e. The zero-order valence-corrected chi connectivity index (χ0v) is 10.2. The molecule has 1 N–H and O–H groups in total. The van der Waals surface area contributed by atoms with Crippen molar-refractivity contribution in [2.24, 2.45) is 0 Å². The third kappa shape index (κ3) is 3.61. The molecule has 0 aromatic carbocycles. The molecule has 1 fully saturated rings. The number of hydrogen-bond donors (Lipinski definition) is 1. The number of halogens is 2. The Morgan fingerprint density at radius 2 is 2.24 bits per heavy atom. The van der Waals surface area contributed by atoms with E-state index in [4.69, 9.17) is 9.84 Å². The number of carboxylic acid groups (broad SMARTS) is 1. The number of likely N-dealkylation sites (tertiary alicyclic amines) is 1. The van der Waals surface area contributed by atoms with E-state index in [1.807, 2.05) is 0 Å². The van der Waals surface area contributed by atoms with Crippen LogP contribution in [-0.2, 0) is 9.53 Å². The Labute approximate surface area is 99.5 Å². The van der Waals surface area contributed by atoms with Gasteiger partial charge in [-0.15, -0.1) is 0 Å². The van der Waals surface area contributed by atoms with Crippen LogP contribution in [0.25, 0.3) is 0 Å². The second-order valence-electron chi connectivity index (χ2n) is 4.31. The van der Waals surface area contributed by atoms with Crippen LogP contribution >= 0.6 is 0 Å². The van der Waals surface area contributed by atoms with Crippen LogP contribution in [0.2, 0.25) is 0 Å². The maximum absolute atomic E-state index is 13.3. The molecular formula is C11H19F2NO3. The Bertz CT molecular complexity index is 273. The van der Waals surface area contributed by atoms with E-state index in [-0.39, 0.29) is 13.0 Å². The summed E-state index contributed by atoms with van der Waals surface area (Å²) in [5.41, 5.74) is 0. The Morgan fingerprint density at radius 3 is 2.71 bits per heavy atom. The zero-order chi connectivity index (χ0) is 13.1. The predicted octanol–water partition coefficient (Wildman–Crippen LogP) is 1.60. The van der Waals surface area contributed by atoms with Crippen LogP contribution in [0.4, 0.5) is 8.78 Å². The van der Waals surface area contributed by atoms with Gasteiger partial charge in [0.1, 0.15) is 6.04 Å². The molecule has 1 heterocycles. The summed E-state index contributed by atoms with van der Waals surface area (Å²) < 4.78 is 31.8. The van der Waals surface area contributed by atoms with Crippen molar-refractivity contribution in [3.05, 3.63) is 0 Å². The summed E-state index contributed by atoms with van der Waals surface area (Å²) in [6.45, 7) is 3.59. The van der Waals surface area contributed by atoms with Crippen LogP contribution in [-0.4, -0.2) is 53.7 Å². The fourth-order valence-corrected chi connectivity index (χ4v) is 2.25. The van der Waals surface area contributed by atoms with E-state index in [2.05, 4.69) is 0 Å². The van der Waals surface area contributed by atoms with Gasteiger partial charge in [0.2, 0.25) is 0 Å². The van der Waals surface area contributed by atoms with Gasteiger partial charge >= 0.3 is 5.97 Å². The first kappa shape index (κ1) is 14.3. The highest BCUT2D eigenvalue weighted by atomic mass is 19.3. The number of carboxylic acids is 1. The summed E-state index contributed by atoms with van der Waals surface area (Å²) >= 11 is 0. The molecule has 0 bridgehead atoms. The first-order chi connectivity index (χ1) is 7.91. The second-order valence-corrected chi connectivity index (χ2v) is 4.31. The van der Waals surface area contributed by atoms with Crippen LogP contribution in [0.15, 0.2) is 0 Å². The van der Waals surface area contributed by atoms with Crippen molar-refractivity contribution in [3.8, 4) is 0 Å². The molecule has 100 valence electrons. The lowest BCUT2D eigenvalue weighted by Gasteiger charge is -2.28. The van der Waals surface area contributed by atoms with Gasteiger partial charge in [-0.25, -0.2) is 8.78 Å². The summed E-state index contributed by atoms with van der Waals surface area (Å²) in [6, 6.07) is -1.36. The van der Waals surface area contributed by atoms with E-state index < -0.39 is 30.5 Å². The molecule has 0 aromatic rings. The summed E-state index contributed by atoms with van der Waals surface area (Å²) in [4.78, 5) is 12.4. The van der Waals surface area contributed by atoms with Crippen LogP contribution < -0.4 is 0 Å². The van der Waals surface area contributed by atoms with E-state index in [1.54, 1.807) is 13.8 Å². The summed E-state index contributed by atoms with van der Waals surface area (Å²) in [6.07, 6.45) is -0.00911. The van der Waals surface area contributed by atoms with Crippen LogP contribution in [0.5, 0.6) is 0 Å². The first-order valence-electron chi connectivity index (χ1n) is 5.85. The van der Waals surface area contributed by atoms with Crippen molar-refractivity contribution < 1.29 is 23.4 Å². The SMILES string of the molecule is CCOCC1CC(F)(F)CN1C(CC)C(=O)O. The lowest BCUT2D eigenvalue weighted by atomic mass is 10.1. The molecule has 0 saturated carbocycles. The minimum absolute atomic E-state index is 0.163. The quantitative estimate of drug-likeness (QED) is 0.779. The molecule has 1 rings (SSSR count). The fourth-order valence-electron chi connectivity index (χ4n) is 2.25. The van der Waals surface area contributed by atoms with E-state index in [0.29, 0.717) is 13.0 Å². The van der Waals surface area contributed by atoms with Gasteiger partial charge in [0.15, 0.2) is 0 Å². The number of alkyl halides is 2. The molecule has 1 saturated heterocycles. The van der Waals surface area contributed by atoms with Crippen LogP contribution in [0, 0.1) is 0 Å². The van der Waals surface area contributed by atoms with E-state index in [1.165, 1.54) is 4.90 Å². The zero-order valence-electron chi connectivity index (χ0n) is 10.2. The maximum atomic E-state index is 13.3. The Hall–Kier alpha value is -0.750. The molecule has 4 nitrogen and oxygen atoms in total. The third-order valence-corrected chi connectivity index (χ3v) is 3.00. The molecule has 0 spiro atoms. The van der Waals surface area contributed by atoms with Crippen molar-refractivity contribution in [2.45, 2.75) is 44.7 Å². The summed E-state index contributed by atoms with van der Waals surface area (Å²) in [5.74, 6) is -3.86. The first-order valence-corrected chi connectivity index (χ1v) is 5.85. The monoisotopic (exact) mass is 251 g/mol. The molecule has 0 radical (unpaired) electrons. The standard InChI is InChI=1S/C11H19F2NO3/c1-3-9(10(15)16)14-7-11(12,13)5-8(14)6-17-4-2/h8-9H,3-7H2,1-2H3,(H,15,16). The molecule has 2 unspecified atom stereocenters. The van der Waals surface area contributed by atoms with Gasteiger partial charge in [-0.05, 0) is 13.3 Å². The molecule has 2 atom stereocenters. The van der Waals surface area contributed by atoms with Gasteiger partial charge in [0.05, 0.1) is 13.2 Å². The number of carbonyl (C=O) groups is 1. The van der Waals surface area contributed by atoms with Crippen molar-refractivity contribution in [1.82, 2.24) is 4.90 Å². The van der Waals surface area contributed by atoms with Crippen LogP contribution in [0.3, 0.4) is 0 Å². The van der Waals surface area contributed by atoms with Gasteiger partial charge < -0.3 is 9.84 Å². The van der Waals surface area contributed by atoms with Crippen molar-refractivity contribution in [2.75, 3.05) is 19.8 Å². The van der Waals surface area contributed by atoms with E-state index in [9.17, 15) is 13.6 Å². The van der Waals surface area contributed by atoms with Crippen LogP contribution in [0.1, 0.15) is 26.7 Å². The molecule has 6 heteroatoms. The number of ether oxygens (including phenoxy) is 1.